The van der Waals surface area contributed by atoms with Crippen LogP contribution in [0.25, 0.3) is 0 Å². The number of phosphoric ester groups is 2. The fourth-order valence-corrected chi connectivity index (χ4v) is 15.9. The number of ether oxygens (including phenoxy) is 4. The highest BCUT2D eigenvalue weighted by Gasteiger charge is 2.31. The van der Waals surface area contributed by atoms with Crippen LogP contribution in [0.5, 0.6) is 0 Å². The van der Waals surface area contributed by atoms with E-state index in [9.17, 15) is 43.2 Å². The van der Waals surface area contributed by atoms with Crippen LogP contribution < -0.4 is 0 Å². The number of aliphatic hydroxyl groups is 1. The number of unbranched alkanes of at least 4 members (excludes halogenated alkanes) is 60. The van der Waals surface area contributed by atoms with E-state index in [4.69, 9.17) is 37.0 Å². The fraction of sp³-hybridized carbons (Fsp3) is 0.956. The van der Waals surface area contributed by atoms with Crippen LogP contribution in [0.15, 0.2) is 0 Å². The Morgan fingerprint density at radius 1 is 0.245 bits per heavy atom. The average molecular weight is 1610 g/mol. The third-order valence-electron chi connectivity index (χ3n) is 21.5. The Bertz CT molecular complexity index is 2100. The fourth-order valence-electron chi connectivity index (χ4n) is 14.3. The van der Waals surface area contributed by atoms with Crippen LogP contribution in [0, 0.1) is 11.8 Å². The molecule has 0 aromatic carbocycles. The molecule has 0 radical (unpaired) electrons. The molecule has 2 unspecified atom stereocenters. The van der Waals surface area contributed by atoms with Gasteiger partial charge in [-0.2, -0.15) is 0 Å². The van der Waals surface area contributed by atoms with E-state index in [1.807, 2.05) is 0 Å². The first kappa shape index (κ1) is 108. The first-order valence-electron chi connectivity index (χ1n) is 47.0. The van der Waals surface area contributed by atoms with Crippen LogP contribution in [0.3, 0.4) is 0 Å². The first-order chi connectivity index (χ1) is 53.4. The molecule has 110 heavy (non-hydrogen) atoms. The van der Waals surface area contributed by atoms with Crippen LogP contribution in [-0.2, 0) is 65.4 Å². The van der Waals surface area contributed by atoms with Crippen molar-refractivity contribution >= 4 is 39.5 Å². The van der Waals surface area contributed by atoms with Gasteiger partial charge in [0.15, 0.2) is 12.2 Å². The van der Waals surface area contributed by atoms with E-state index in [-0.39, 0.29) is 25.7 Å². The summed E-state index contributed by atoms with van der Waals surface area (Å²) in [6, 6.07) is 0. The molecule has 0 saturated heterocycles. The molecule has 17 nitrogen and oxygen atoms in total. The molecule has 0 rings (SSSR count). The third kappa shape index (κ3) is 84.0. The van der Waals surface area contributed by atoms with Gasteiger partial charge in [-0.15, -0.1) is 0 Å². The molecular formula is C91H178O17P2. The number of hydrogen-bond donors (Lipinski definition) is 3. The number of carbonyl (C=O) groups is 4. The van der Waals surface area contributed by atoms with Gasteiger partial charge >= 0.3 is 39.5 Å². The van der Waals surface area contributed by atoms with Gasteiger partial charge in [0.2, 0.25) is 0 Å². The van der Waals surface area contributed by atoms with Crippen LogP contribution in [0.4, 0.5) is 0 Å². The molecule has 0 aliphatic rings. The molecule has 0 aromatic heterocycles. The van der Waals surface area contributed by atoms with Crippen molar-refractivity contribution < 1.29 is 80.2 Å². The van der Waals surface area contributed by atoms with Crippen molar-refractivity contribution in [1.29, 1.82) is 0 Å². The zero-order valence-electron chi connectivity index (χ0n) is 72.6. The second-order valence-corrected chi connectivity index (χ2v) is 36.6. The maximum absolute atomic E-state index is 13.2. The number of aliphatic hydroxyl groups excluding tert-OH is 1. The Morgan fingerprint density at radius 2 is 0.418 bits per heavy atom. The van der Waals surface area contributed by atoms with E-state index in [0.29, 0.717) is 25.7 Å². The van der Waals surface area contributed by atoms with E-state index < -0.39 is 97.5 Å². The van der Waals surface area contributed by atoms with Crippen molar-refractivity contribution in [3.63, 3.8) is 0 Å². The number of phosphoric acid groups is 2. The largest absolute Gasteiger partial charge is 0.472 e. The van der Waals surface area contributed by atoms with Gasteiger partial charge in [-0.25, -0.2) is 9.13 Å². The van der Waals surface area contributed by atoms with Crippen molar-refractivity contribution in [3.05, 3.63) is 0 Å². The van der Waals surface area contributed by atoms with Crippen LogP contribution >= 0.6 is 15.6 Å². The van der Waals surface area contributed by atoms with E-state index in [1.165, 1.54) is 308 Å². The molecule has 19 heteroatoms. The van der Waals surface area contributed by atoms with Gasteiger partial charge < -0.3 is 33.8 Å². The lowest BCUT2D eigenvalue weighted by Crippen LogP contribution is -2.30. The summed E-state index contributed by atoms with van der Waals surface area (Å²) in [5.74, 6) is -0.558. The van der Waals surface area contributed by atoms with Crippen LogP contribution in [-0.4, -0.2) is 96.7 Å². The van der Waals surface area contributed by atoms with E-state index in [2.05, 4.69) is 41.5 Å². The smallest absolute Gasteiger partial charge is 0.462 e. The zero-order valence-corrected chi connectivity index (χ0v) is 74.4. The third-order valence-corrected chi connectivity index (χ3v) is 23.4. The lowest BCUT2D eigenvalue weighted by Gasteiger charge is -2.21. The minimum absolute atomic E-state index is 0.108. The molecule has 5 atom stereocenters. The summed E-state index contributed by atoms with van der Waals surface area (Å²) in [6.07, 6.45) is 76.6. The standard InChI is InChI=1S/C91H178O17P2/c1-7-9-11-13-15-17-19-21-23-25-27-28-30-32-38-42-46-50-58-64-69-75-90(95)107-86(79-101-88(93)73-67-61-55-48-44-40-36-34-33-35-39-43-47-53-59-65-71-83(3)4)81-105-109(97,98)103-77-85(92)78-104-110(99,100)106-82-87(80-102-89(94)74-68-62-56-52-51-54-60-66-72-84(5)6)108-91(96)76-70-63-57-49-45-41-37-31-29-26-24-22-20-18-16-14-12-10-8-2/h83-87,92H,7-82H2,1-6H3,(H,97,98)(H,99,100)/t85-,86-,87-/m1/s1. The van der Waals surface area contributed by atoms with E-state index in [0.717, 1.165) is 102 Å². The van der Waals surface area contributed by atoms with Gasteiger partial charge in [-0.1, -0.05) is 440 Å². The Labute approximate surface area is 677 Å². The Morgan fingerprint density at radius 3 is 0.618 bits per heavy atom. The summed E-state index contributed by atoms with van der Waals surface area (Å²) >= 11 is 0. The zero-order chi connectivity index (χ0) is 80.6. The van der Waals surface area contributed by atoms with Crippen molar-refractivity contribution in [2.24, 2.45) is 11.8 Å². The monoisotopic (exact) mass is 1610 g/mol. The molecule has 0 fully saturated rings. The maximum Gasteiger partial charge on any atom is 0.472 e. The number of esters is 4. The van der Waals surface area contributed by atoms with Crippen molar-refractivity contribution in [1.82, 2.24) is 0 Å². The van der Waals surface area contributed by atoms with Crippen molar-refractivity contribution in [2.75, 3.05) is 39.6 Å². The minimum Gasteiger partial charge on any atom is -0.462 e. The van der Waals surface area contributed by atoms with E-state index >= 15 is 0 Å². The molecule has 0 aromatic rings. The SMILES string of the molecule is CCCCCCCCCCCCCCCCCCCCCCCC(=O)O[C@H](COC(=O)CCCCCCCCCCCCCCCCCCC(C)C)COP(=O)(O)OC[C@@H](O)COP(=O)(O)OC[C@@H](COC(=O)CCCCCCCCCCC(C)C)OC(=O)CCCCCCCCCCCCCCCCCCCCC. The molecule has 3 N–H and O–H groups in total. The highest BCUT2D eigenvalue weighted by molar-refractivity contribution is 7.47. The molecule has 0 amide bonds. The quantitative estimate of drug-likeness (QED) is 0.0222. The summed E-state index contributed by atoms with van der Waals surface area (Å²) in [4.78, 5) is 73.4. The van der Waals surface area contributed by atoms with Gasteiger partial charge in [0.05, 0.1) is 26.4 Å². The van der Waals surface area contributed by atoms with Crippen molar-refractivity contribution in [3.8, 4) is 0 Å². The van der Waals surface area contributed by atoms with Crippen LogP contribution in [0.1, 0.15) is 491 Å². The van der Waals surface area contributed by atoms with Gasteiger partial charge in [-0.3, -0.25) is 37.3 Å². The molecule has 654 valence electrons. The summed E-state index contributed by atoms with van der Waals surface area (Å²) < 4.78 is 69.1. The highest BCUT2D eigenvalue weighted by atomic mass is 31.2. The second-order valence-electron chi connectivity index (χ2n) is 33.6. The lowest BCUT2D eigenvalue weighted by atomic mass is 10.0. The number of rotatable bonds is 90. The minimum atomic E-state index is -4.97. The molecule has 0 aliphatic carbocycles. The van der Waals surface area contributed by atoms with Crippen molar-refractivity contribution in [2.45, 2.75) is 509 Å². The second kappa shape index (κ2) is 82.2. The number of carbonyl (C=O) groups excluding carboxylic acids is 4. The van der Waals surface area contributed by atoms with Gasteiger partial charge in [0, 0.05) is 25.7 Å². The van der Waals surface area contributed by atoms with Gasteiger partial charge in [0.25, 0.3) is 0 Å². The first-order valence-corrected chi connectivity index (χ1v) is 50.0. The maximum atomic E-state index is 13.2. The highest BCUT2D eigenvalue weighted by Crippen LogP contribution is 2.45. The summed E-state index contributed by atoms with van der Waals surface area (Å²) in [5.41, 5.74) is 0. The lowest BCUT2D eigenvalue weighted by molar-refractivity contribution is -0.161. The summed E-state index contributed by atoms with van der Waals surface area (Å²) in [5, 5.41) is 10.7. The van der Waals surface area contributed by atoms with E-state index in [1.54, 1.807) is 0 Å². The average Bonchev–Trinajstić information content (AvgIpc) is 0.899. The van der Waals surface area contributed by atoms with Gasteiger partial charge in [-0.05, 0) is 37.5 Å². The summed E-state index contributed by atoms with van der Waals surface area (Å²) in [7, 11) is -9.94. The summed E-state index contributed by atoms with van der Waals surface area (Å²) in [6.45, 7) is 9.70. The molecule has 0 aliphatic heterocycles. The Kier molecular flexibility index (Phi) is 80.7. The van der Waals surface area contributed by atoms with Gasteiger partial charge in [0.1, 0.15) is 19.3 Å². The Hall–Kier alpha value is -1.94. The Balaban J connectivity index is 5.23. The predicted molar refractivity (Wildman–Crippen MR) is 455 cm³/mol. The molecule has 0 spiro atoms. The molecule has 0 heterocycles. The predicted octanol–water partition coefficient (Wildman–Crippen LogP) is 28.2. The number of hydrogen-bond acceptors (Lipinski definition) is 15. The molecule has 0 saturated carbocycles. The molecular weight excluding hydrogens is 1430 g/mol. The molecule has 0 bridgehead atoms. The normalized spacial score (nSPS) is 13.7. The van der Waals surface area contributed by atoms with Crippen LogP contribution in [0.2, 0.25) is 0 Å². The topological polar surface area (TPSA) is 237 Å².